The van der Waals surface area contributed by atoms with Gasteiger partial charge >= 0.3 is 0 Å². The predicted molar refractivity (Wildman–Crippen MR) is 77.8 cm³/mol. The monoisotopic (exact) mass is 268 g/mol. The molecule has 1 unspecified atom stereocenters. The molecule has 0 bridgehead atoms. The van der Waals surface area contributed by atoms with Crippen molar-refractivity contribution in [1.82, 2.24) is 4.90 Å². The van der Waals surface area contributed by atoms with Gasteiger partial charge in [0.1, 0.15) is 0 Å². The quantitative estimate of drug-likeness (QED) is 0.685. The number of amides is 1. The van der Waals surface area contributed by atoms with Crippen LogP contribution in [-0.2, 0) is 9.53 Å². The van der Waals surface area contributed by atoms with Gasteiger partial charge in [-0.3, -0.25) is 4.79 Å². The SMILES string of the molecule is C=CCN(CC1CCCCC1)C(=O)CC(CN)OC. The molecule has 2 N–H and O–H groups in total. The van der Waals surface area contributed by atoms with Crippen LogP contribution in [0.5, 0.6) is 0 Å². The molecule has 1 amide bonds. The topological polar surface area (TPSA) is 55.6 Å². The van der Waals surface area contributed by atoms with Crippen molar-refractivity contribution in [3.05, 3.63) is 12.7 Å². The van der Waals surface area contributed by atoms with E-state index < -0.39 is 0 Å². The highest BCUT2D eigenvalue weighted by atomic mass is 16.5. The summed E-state index contributed by atoms with van der Waals surface area (Å²) in [5, 5.41) is 0. The Balaban J connectivity index is 2.49. The fraction of sp³-hybridized carbons (Fsp3) is 0.800. The number of rotatable bonds is 8. The van der Waals surface area contributed by atoms with Crippen LogP contribution < -0.4 is 5.73 Å². The van der Waals surface area contributed by atoms with Gasteiger partial charge in [-0.1, -0.05) is 25.3 Å². The highest BCUT2D eigenvalue weighted by Crippen LogP contribution is 2.24. The van der Waals surface area contributed by atoms with Crippen molar-refractivity contribution in [2.75, 3.05) is 26.7 Å². The van der Waals surface area contributed by atoms with Crippen molar-refractivity contribution in [2.24, 2.45) is 11.7 Å². The van der Waals surface area contributed by atoms with Crippen molar-refractivity contribution in [3.63, 3.8) is 0 Å². The molecule has 110 valence electrons. The van der Waals surface area contributed by atoms with E-state index in [0.29, 0.717) is 25.4 Å². The van der Waals surface area contributed by atoms with Crippen LogP contribution in [0.15, 0.2) is 12.7 Å². The van der Waals surface area contributed by atoms with Crippen LogP contribution in [0.3, 0.4) is 0 Å². The number of nitrogens with two attached hydrogens (primary N) is 1. The van der Waals surface area contributed by atoms with Gasteiger partial charge in [-0.15, -0.1) is 6.58 Å². The van der Waals surface area contributed by atoms with Gasteiger partial charge in [0.25, 0.3) is 0 Å². The first-order chi connectivity index (χ1) is 9.21. The molecule has 1 atom stereocenters. The minimum atomic E-state index is -0.175. The minimum Gasteiger partial charge on any atom is -0.380 e. The Kier molecular flexibility index (Phi) is 7.75. The lowest BCUT2D eigenvalue weighted by molar-refractivity contribution is -0.133. The molecule has 1 aliphatic rings. The third-order valence-electron chi connectivity index (χ3n) is 3.90. The summed E-state index contributed by atoms with van der Waals surface area (Å²) in [6, 6.07) is 0. The van der Waals surface area contributed by atoms with E-state index in [2.05, 4.69) is 6.58 Å². The average molecular weight is 268 g/mol. The maximum absolute atomic E-state index is 12.3. The molecule has 0 aromatic heterocycles. The van der Waals surface area contributed by atoms with Crippen LogP contribution >= 0.6 is 0 Å². The molecule has 1 rings (SSSR count). The number of methoxy groups -OCH3 is 1. The molecule has 0 aromatic rings. The number of carbonyl (C=O) groups excluding carboxylic acids is 1. The smallest absolute Gasteiger partial charge is 0.225 e. The summed E-state index contributed by atoms with van der Waals surface area (Å²) >= 11 is 0. The van der Waals surface area contributed by atoms with E-state index in [4.69, 9.17) is 10.5 Å². The van der Waals surface area contributed by atoms with Gasteiger partial charge in [-0.05, 0) is 18.8 Å². The Morgan fingerprint density at radius 1 is 1.47 bits per heavy atom. The van der Waals surface area contributed by atoms with Crippen molar-refractivity contribution in [2.45, 2.75) is 44.6 Å². The van der Waals surface area contributed by atoms with E-state index in [1.807, 2.05) is 4.90 Å². The Hall–Kier alpha value is -0.870. The summed E-state index contributed by atoms with van der Waals surface area (Å²) < 4.78 is 5.19. The number of hydrogen-bond donors (Lipinski definition) is 1. The van der Waals surface area contributed by atoms with Gasteiger partial charge in [0.2, 0.25) is 5.91 Å². The molecule has 0 radical (unpaired) electrons. The summed E-state index contributed by atoms with van der Waals surface area (Å²) in [6.45, 7) is 5.60. The van der Waals surface area contributed by atoms with E-state index in [1.54, 1.807) is 13.2 Å². The van der Waals surface area contributed by atoms with Gasteiger partial charge in [-0.2, -0.15) is 0 Å². The summed E-state index contributed by atoms with van der Waals surface area (Å²) in [4.78, 5) is 14.2. The van der Waals surface area contributed by atoms with Gasteiger partial charge in [0.15, 0.2) is 0 Å². The van der Waals surface area contributed by atoms with Crippen LogP contribution in [-0.4, -0.2) is 43.7 Å². The van der Waals surface area contributed by atoms with Crippen molar-refractivity contribution in [1.29, 1.82) is 0 Å². The summed E-state index contributed by atoms with van der Waals surface area (Å²) in [7, 11) is 1.60. The second-order valence-electron chi connectivity index (χ2n) is 5.39. The fourth-order valence-corrected chi connectivity index (χ4v) is 2.70. The molecular formula is C15H28N2O2. The van der Waals surface area contributed by atoms with Crippen LogP contribution in [0, 0.1) is 5.92 Å². The largest absolute Gasteiger partial charge is 0.380 e. The zero-order valence-electron chi connectivity index (χ0n) is 12.1. The first-order valence-electron chi connectivity index (χ1n) is 7.32. The van der Waals surface area contributed by atoms with Crippen LogP contribution in [0.1, 0.15) is 38.5 Å². The van der Waals surface area contributed by atoms with Crippen molar-refractivity contribution in [3.8, 4) is 0 Å². The van der Waals surface area contributed by atoms with E-state index in [1.165, 1.54) is 32.1 Å². The fourth-order valence-electron chi connectivity index (χ4n) is 2.70. The zero-order chi connectivity index (χ0) is 14.1. The Morgan fingerprint density at radius 2 is 2.16 bits per heavy atom. The Labute approximate surface area is 117 Å². The maximum atomic E-state index is 12.3. The molecule has 0 spiro atoms. The number of hydrogen-bond acceptors (Lipinski definition) is 3. The van der Waals surface area contributed by atoms with Gasteiger partial charge in [0.05, 0.1) is 12.5 Å². The predicted octanol–water partition coefficient (Wildman–Crippen LogP) is 1.95. The van der Waals surface area contributed by atoms with E-state index >= 15 is 0 Å². The number of carbonyl (C=O) groups is 1. The summed E-state index contributed by atoms with van der Waals surface area (Å²) in [5.74, 6) is 0.777. The molecule has 0 saturated heterocycles. The first kappa shape index (κ1) is 16.2. The molecule has 0 aliphatic heterocycles. The standard InChI is InChI=1S/C15H28N2O2/c1-3-9-17(12-13-7-5-4-6-8-13)15(18)10-14(11-16)19-2/h3,13-14H,1,4-12,16H2,2H3. The summed E-state index contributed by atoms with van der Waals surface area (Å²) in [5.41, 5.74) is 5.57. The van der Waals surface area contributed by atoms with Crippen LogP contribution in [0.25, 0.3) is 0 Å². The van der Waals surface area contributed by atoms with Crippen molar-refractivity contribution < 1.29 is 9.53 Å². The molecule has 4 heteroatoms. The average Bonchev–Trinajstić information content (AvgIpc) is 2.45. The molecule has 1 aliphatic carbocycles. The van der Waals surface area contributed by atoms with Crippen LogP contribution in [0.4, 0.5) is 0 Å². The second-order valence-corrected chi connectivity index (χ2v) is 5.39. The van der Waals surface area contributed by atoms with E-state index in [9.17, 15) is 4.79 Å². The van der Waals surface area contributed by atoms with Crippen LogP contribution in [0.2, 0.25) is 0 Å². The molecular weight excluding hydrogens is 240 g/mol. The molecule has 0 heterocycles. The van der Waals surface area contributed by atoms with E-state index in [0.717, 1.165) is 6.54 Å². The molecule has 4 nitrogen and oxygen atoms in total. The lowest BCUT2D eigenvalue weighted by Gasteiger charge is -2.30. The minimum absolute atomic E-state index is 0.128. The number of ether oxygens (including phenoxy) is 1. The molecule has 0 aromatic carbocycles. The third-order valence-corrected chi connectivity index (χ3v) is 3.90. The van der Waals surface area contributed by atoms with E-state index in [-0.39, 0.29) is 12.0 Å². The zero-order valence-corrected chi connectivity index (χ0v) is 12.1. The number of nitrogens with zero attached hydrogens (tertiary/aromatic N) is 1. The maximum Gasteiger partial charge on any atom is 0.225 e. The lowest BCUT2D eigenvalue weighted by atomic mass is 9.89. The third kappa shape index (κ3) is 5.74. The Morgan fingerprint density at radius 3 is 2.68 bits per heavy atom. The Bertz CT molecular complexity index is 271. The van der Waals surface area contributed by atoms with Gasteiger partial charge < -0.3 is 15.4 Å². The summed E-state index contributed by atoms with van der Waals surface area (Å²) in [6.07, 6.45) is 8.40. The normalized spacial score (nSPS) is 18.0. The highest BCUT2D eigenvalue weighted by Gasteiger charge is 2.22. The molecule has 19 heavy (non-hydrogen) atoms. The second kappa shape index (κ2) is 9.10. The van der Waals surface area contributed by atoms with Gasteiger partial charge in [-0.25, -0.2) is 0 Å². The highest BCUT2D eigenvalue weighted by molar-refractivity contribution is 5.76. The first-order valence-corrected chi connectivity index (χ1v) is 7.32. The lowest BCUT2D eigenvalue weighted by Crippen LogP contribution is -2.39. The molecule has 1 saturated carbocycles. The van der Waals surface area contributed by atoms with Gasteiger partial charge in [0, 0.05) is 26.7 Å². The van der Waals surface area contributed by atoms with Crippen molar-refractivity contribution >= 4 is 5.91 Å². The molecule has 1 fully saturated rings.